The number of aliphatic hydroxyl groups excluding tert-OH is 2. The molecule has 1 heterocycles. The van der Waals surface area contributed by atoms with Gasteiger partial charge in [-0.05, 0) is 29.3 Å². The molecule has 1 aliphatic heterocycles. The number of methoxy groups -OCH3 is 2. The molecule has 3 rings (SSSR count). The van der Waals surface area contributed by atoms with Gasteiger partial charge in [0.05, 0.1) is 45.7 Å². The maximum absolute atomic E-state index is 13.2. The second-order valence-corrected chi connectivity index (χ2v) is 7.22. The normalized spacial score (nSPS) is 16.0. The summed E-state index contributed by atoms with van der Waals surface area (Å²) in [6.07, 6.45) is 2.97. The van der Waals surface area contributed by atoms with E-state index in [4.69, 9.17) is 19.3 Å². The minimum Gasteiger partial charge on any atom is -0.503 e. The van der Waals surface area contributed by atoms with Gasteiger partial charge < -0.3 is 29.3 Å². The van der Waals surface area contributed by atoms with Crippen LogP contribution in [0.1, 0.15) is 17.2 Å². The van der Waals surface area contributed by atoms with E-state index >= 15 is 0 Å². The fourth-order valence-electron chi connectivity index (χ4n) is 3.66. The number of carbonyl (C=O) groups excluding carboxylic acids is 2. The number of benzene rings is 2. The molecule has 1 amide bonds. The molecule has 0 bridgehead atoms. The van der Waals surface area contributed by atoms with E-state index in [0.717, 1.165) is 5.56 Å². The summed E-state index contributed by atoms with van der Waals surface area (Å²) in [4.78, 5) is 27.4. The lowest BCUT2D eigenvalue weighted by molar-refractivity contribution is -0.130. The van der Waals surface area contributed by atoms with E-state index < -0.39 is 23.5 Å². The van der Waals surface area contributed by atoms with Crippen LogP contribution in [0.15, 0.2) is 65.9 Å². The zero-order valence-electron chi connectivity index (χ0n) is 18.6. The second kappa shape index (κ2) is 11.3. The van der Waals surface area contributed by atoms with Crippen LogP contribution in [0.3, 0.4) is 0 Å². The smallest absolute Gasteiger partial charge is 0.290 e. The molecule has 33 heavy (non-hydrogen) atoms. The highest BCUT2D eigenvalue weighted by atomic mass is 16.5. The summed E-state index contributed by atoms with van der Waals surface area (Å²) in [6, 6.07) is 13.5. The predicted octanol–water partition coefficient (Wildman–Crippen LogP) is 2.69. The molecule has 0 saturated carbocycles. The van der Waals surface area contributed by atoms with Gasteiger partial charge in [0.2, 0.25) is 0 Å². The Bertz CT molecular complexity index is 1050. The van der Waals surface area contributed by atoms with Crippen molar-refractivity contribution in [2.45, 2.75) is 6.04 Å². The Morgan fingerprint density at radius 2 is 1.79 bits per heavy atom. The van der Waals surface area contributed by atoms with E-state index in [2.05, 4.69) is 0 Å². The standard InChI is InChI=1S/C25H27NO7/c1-31-20-11-9-18(16-21(20)32-2)23-22(19(28)10-8-17-6-4-3-5-7-17)24(29)25(30)26(23)12-14-33-15-13-27/h3-11,16,23,27,29H,12-15H2,1-2H3. The van der Waals surface area contributed by atoms with Crippen LogP contribution in [0.4, 0.5) is 0 Å². The summed E-state index contributed by atoms with van der Waals surface area (Å²) >= 11 is 0. The van der Waals surface area contributed by atoms with Gasteiger partial charge in [0.25, 0.3) is 5.91 Å². The quantitative estimate of drug-likeness (QED) is 0.398. The Balaban J connectivity index is 1.98. The summed E-state index contributed by atoms with van der Waals surface area (Å²) in [5, 5.41) is 19.6. The van der Waals surface area contributed by atoms with Crippen LogP contribution in [0, 0.1) is 0 Å². The van der Waals surface area contributed by atoms with Crippen molar-refractivity contribution in [2.24, 2.45) is 0 Å². The number of ketones is 1. The van der Waals surface area contributed by atoms with Crippen LogP contribution >= 0.6 is 0 Å². The average Bonchev–Trinajstić information content (AvgIpc) is 3.10. The summed E-state index contributed by atoms with van der Waals surface area (Å²) in [6.45, 7) is 0.213. The van der Waals surface area contributed by atoms with Crippen molar-refractivity contribution in [3.05, 3.63) is 77.1 Å². The number of carbonyl (C=O) groups is 2. The van der Waals surface area contributed by atoms with Gasteiger partial charge in [-0.2, -0.15) is 0 Å². The third-order valence-electron chi connectivity index (χ3n) is 5.23. The zero-order chi connectivity index (χ0) is 23.8. The maximum atomic E-state index is 13.2. The lowest BCUT2D eigenvalue weighted by Gasteiger charge is -2.27. The van der Waals surface area contributed by atoms with Crippen molar-refractivity contribution < 1.29 is 34.0 Å². The Morgan fingerprint density at radius 3 is 2.45 bits per heavy atom. The summed E-state index contributed by atoms with van der Waals surface area (Å²) in [5.41, 5.74) is 1.36. The van der Waals surface area contributed by atoms with Crippen LogP contribution in [0.2, 0.25) is 0 Å². The van der Waals surface area contributed by atoms with Crippen molar-refractivity contribution >= 4 is 17.8 Å². The third-order valence-corrected chi connectivity index (χ3v) is 5.23. The summed E-state index contributed by atoms with van der Waals surface area (Å²) < 4.78 is 16.0. The van der Waals surface area contributed by atoms with Crippen LogP contribution in [-0.4, -0.2) is 67.4 Å². The Labute approximate surface area is 192 Å². The highest BCUT2D eigenvalue weighted by Crippen LogP contribution is 2.40. The van der Waals surface area contributed by atoms with Gasteiger partial charge in [-0.1, -0.05) is 42.5 Å². The molecule has 1 unspecified atom stereocenters. The van der Waals surface area contributed by atoms with E-state index in [9.17, 15) is 14.7 Å². The van der Waals surface area contributed by atoms with Gasteiger partial charge in [-0.15, -0.1) is 0 Å². The van der Waals surface area contributed by atoms with Crippen molar-refractivity contribution in [2.75, 3.05) is 40.6 Å². The molecule has 174 valence electrons. The topological polar surface area (TPSA) is 106 Å². The van der Waals surface area contributed by atoms with Crippen LogP contribution in [0.5, 0.6) is 11.5 Å². The molecule has 8 nitrogen and oxygen atoms in total. The van der Waals surface area contributed by atoms with E-state index in [1.165, 1.54) is 25.2 Å². The number of allylic oxidation sites excluding steroid dienone is 1. The molecule has 2 N–H and O–H groups in total. The molecular weight excluding hydrogens is 426 g/mol. The fourth-order valence-corrected chi connectivity index (χ4v) is 3.66. The zero-order valence-corrected chi connectivity index (χ0v) is 18.6. The molecule has 0 aliphatic carbocycles. The average molecular weight is 453 g/mol. The number of amides is 1. The molecule has 0 aromatic heterocycles. The van der Waals surface area contributed by atoms with Gasteiger partial charge in [0.15, 0.2) is 23.0 Å². The van der Waals surface area contributed by atoms with Crippen LogP contribution in [-0.2, 0) is 14.3 Å². The summed E-state index contributed by atoms with van der Waals surface area (Å²) in [7, 11) is 3.00. The number of aliphatic hydroxyl groups is 2. The van der Waals surface area contributed by atoms with Gasteiger partial charge >= 0.3 is 0 Å². The van der Waals surface area contributed by atoms with Crippen molar-refractivity contribution in [1.29, 1.82) is 0 Å². The molecule has 2 aromatic rings. The molecule has 0 radical (unpaired) electrons. The number of ether oxygens (including phenoxy) is 3. The molecular formula is C25H27NO7. The first kappa shape index (κ1) is 24.0. The lowest BCUT2D eigenvalue weighted by atomic mass is 9.95. The minimum absolute atomic E-state index is 0.0263. The molecule has 0 saturated heterocycles. The van der Waals surface area contributed by atoms with Gasteiger partial charge in [0, 0.05) is 6.54 Å². The molecule has 0 fully saturated rings. The van der Waals surface area contributed by atoms with E-state index in [1.54, 1.807) is 24.3 Å². The molecule has 1 aliphatic rings. The Hall–Kier alpha value is -3.62. The number of hydrogen-bond acceptors (Lipinski definition) is 7. The largest absolute Gasteiger partial charge is 0.503 e. The molecule has 0 spiro atoms. The van der Waals surface area contributed by atoms with Gasteiger partial charge in [-0.25, -0.2) is 0 Å². The number of hydrogen-bond donors (Lipinski definition) is 2. The first-order valence-electron chi connectivity index (χ1n) is 10.4. The Morgan fingerprint density at radius 1 is 1.06 bits per heavy atom. The van der Waals surface area contributed by atoms with Crippen molar-refractivity contribution in [1.82, 2.24) is 4.90 Å². The molecule has 2 aromatic carbocycles. The first-order chi connectivity index (χ1) is 16.0. The van der Waals surface area contributed by atoms with E-state index in [1.807, 2.05) is 30.3 Å². The lowest BCUT2D eigenvalue weighted by Crippen LogP contribution is -2.34. The minimum atomic E-state index is -0.844. The second-order valence-electron chi connectivity index (χ2n) is 7.22. The Kier molecular flexibility index (Phi) is 8.23. The third kappa shape index (κ3) is 5.42. The highest BCUT2D eigenvalue weighted by molar-refractivity contribution is 6.14. The van der Waals surface area contributed by atoms with Crippen LogP contribution in [0.25, 0.3) is 6.08 Å². The summed E-state index contributed by atoms with van der Waals surface area (Å²) in [5.74, 6) is -0.827. The number of rotatable bonds is 11. The highest BCUT2D eigenvalue weighted by Gasteiger charge is 2.43. The van der Waals surface area contributed by atoms with Gasteiger partial charge in [-0.3, -0.25) is 9.59 Å². The maximum Gasteiger partial charge on any atom is 0.290 e. The SMILES string of the molecule is COc1ccc(C2C(C(=O)C=Cc3ccccc3)=C(O)C(=O)N2CCOCCO)cc1OC. The first-order valence-corrected chi connectivity index (χ1v) is 10.4. The number of nitrogens with zero attached hydrogens (tertiary/aromatic N) is 1. The van der Waals surface area contributed by atoms with Crippen LogP contribution < -0.4 is 9.47 Å². The van der Waals surface area contributed by atoms with Crippen molar-refractivity contribution in [3.8, 4) is 11.5 Å². The van der Waals surface area contributed by atoms with Crippen molar-refractivity contribution in [3.63, 3.8) is 0 Å². The molecule has 1 atom stereocenters. The van der Waals surface area contributed by atoms with Gasteiger partial charge in [0.1, 0.15) is 0 Å². The van der Waals surface area contributed by atoms with E-state index in [0.29, 0.717) is 17.1 Å². The van der Waals surface area contributed by atoms with E-state index in [-0.39, 0.29) is 31.9 Å². The molecule has 8 heteroatoms. The fraction of sp³-hybridized carbons (Fsp3) is 0.280. The predicted molar refractivity (Wildman–Crippen MR) is 122 cm³/mol. The monoisotopic (exact) mass is 453 g/mol.